The van der Waals surface area contributed by atoms with Crippen molar-refractivity contribution in [2.24, 2.45) is 5.92 Å². The lowest BCUT2D eigenvalue weighted by molar-refractivity contribution is 0.260. The average Bonchev–Trinajstić information content (AvgIpc) is 2.46. The van der Waals surface area contributed by atoms with E-state index in [0.717, 1.165) is 39.0 Å². The minimum absolute atomic E-state index is 0.0425. The van der Waals surface area contributed by atoms with Gasteiger partial charge in [-0.3, -0.25) is 9.69 Å². The molecule has 0 unspecified atom stereocenters. The van der Waals surface area contributed by atoms with Crippen LogP contribution in [0.3, 0.4) is 0 Å². The topological polar surface area (TPSA) is 49.0 Å². The first-order valence-corrected chi connectivity index (χ1v) is 7.90. The number of fused-ring (bicyclic) bond motifs is 1. The van der Waals surface area contributed by atoms with Crippen molar-refractivity contribution >= 4 is 0 Å². The molecule has 0 aromatic carbocycles. The van der Waals surface area contributed by atoms with E-state index in [1.54, 1.807) is 0 Å². The maximum absolute atomic E-state index is 12.6. The van der Waals surface area contributed by atoms with Crippen molar-refractivity contribution in [1.82, 2.24) is 9.47 Å². The first-order valence-electron chi connectivity index (χ1n) is 7.90. The van der Waals surface area contributed by atoms with Gasteiger partial charge >= 0.3 is 0 Å². The third-order valence-corrected chi connectivity index (χ3v) is 4.27. The summed E-state index contributed by atoms with van der Waals surface area (Å²) < 4.78 is 1.94. The highest BCUT2D eigenvalue weighted by Gasteiger charge is 2.21. The molecule has 114 valence electrons. The van der Waals surface area contributed by atoms with Gasteiger partial charge in [-0.25, -0.2) is 0 Å². The number of aromatic nitrogens is 1. The predicted molar refractivity (Wildman–Crippen MR) is 84.1 cm³/mol. The molecule has 2 heterocycles. The molecule has 1 aromatic heterocycles. The highest BCUT2D eigenvalue weighted by atomic mass is 16.1. The molecule has 0 amide bonds. The van der Waals surface area contributed by atoms with E-state index < -0.39 is 0 Å². The fraction of sp³-hybridized carbons (Fsp3) is 0.647. The molecule has 1 aliphatic heterocycles. The number of rotatable bonds is 5. The van der Waals surface area contributed by atoms with Gasteiger partial charge in [-0.05, 0) is 30.5 Å². The maximum Gasteiger partial charge on any atom is 0.255 e. The van der Waals surface area contributed by atoms with E-state index >= 15 is 0 Å². The Morgan fingerprint density at radius 1 is 1.43 bits per heavy atom. The van der Waals surface area contributed by atoms with Crippen LogP contribution in [0.25, 0.3) is 0 Å². The summed E-state index contributed by atoms with van der Waals surface area (Å²) in [5, 5.41) is 8.95. The zero-order valence-electron chi connectivity index (χ0n) is 13.4. The van der Waals surface area contributed by atoms with E-state index in [-0.39, 0.29) is 12.0 Å². The summed E-state index contributed by atoms with van der Waals surface area (Å²) in [5.41, 5.74) is 3.11. The van der Waals surface area contributed by atoms with E-state index in [1.807, 2.05) is 10.6 Å². The van der Waals surface area contributed by atoms with Crippen molar-refractivity contribution in [1.29, 1.82) is 5.26 Å². The second-order valence-electron chi connectivity index (χ2n) is 6.23. The van der Waals surface area contributed by atoms with Gasteiger partial charge in [-0.2, -0.15) is 5.26 Å². The summed E-state index contributed by atoms with van der Waals surface area (Å²) in [4.78, 5) is 15.0. The first-order chi connectivity index (χ1) is 10.1. The van der Waals surface area contributed by atoms with Gasteiger partial charge in [-0.1, -0.05) is 20.8 Å². The molecule has 1 aromatic rings. The summed E-state index contributed by atoms with van der Waals surface area (Å²) in [5.74, 6) is 0.572. The van der Waals surface area contributed by atoms with Gasteiger partial charge in [0.05, 0.1) is 12.5 Å². The molecule has 0 saturated carbocycles. The fourth-order valence-electron chi connectivity index (χ4n) is 2.95. The molecule has 0 saturated heterocycles. The summed E-state index contributed by atoms with van der Waals surface area (Å²) in [7, 11) is 0. The summed E-state index contributed by atoms with van der Waals surface area (Å²) in [6.07, 6.45) is 2.14. The van der Waals surface area contributed by atoms with E-state index in [2.05, 4.69) is 31.7 Å². The molecule has 0 bridgehead atoms. The largest absolute Gasteiger partial charge is 0.312 e. The number of hydrogen-bond donors (Lipinski definition) is 0. The van der Waals surface area contributed by atoms with Crippen LogP contribution in [0.4, 0.5) is 0 Å². The van der Waals surface area contributed by atoms with E-state index in [9.17, 15) is 4.79 Å². The standard InChI is InChI=1S/C17H25N3O/c1-4-19-9-7-16-15(12-19)11-14(5-8-18)17(21)20(16)10-6-13(2)3/h11,13H,4-7,9-10,12H2,1-3H3. The zero-order chi connectivity index (χ0) is 15.4. The lowest BCUT2D eigenvalue weighted by Crippen LogP contribution is -2.37. The Bertz CT molecular complexity index is 595. The summed E-state index contributed by atoms with van der Waals surface area (Å²) in [6.45, 7) is 10.2. The molecular formula is C17H25N3O. The van der Waals surface area contributed by atoms with Gasteiger partial charge < -0.3 is 4.57 Å². The van der Waals surface area contributed by atoms with Gasteiger partial charge in [0.1, 0.15) is 0 Å². The van der Waals surface area contributed by atoms with Gasteiger partial charge in [0.25, 0.3) is 5.56 Å². The van der Waals surface area contributed by atoms with Crippen LogP contribution in [-0.4, -0.2) is 22.6 Å². The monoisotopic (exact) mass is 287 g/mol. The van der Waals surface area contributed by atoms with E-state index in [0.29, 0.717) is 11.5 Å². The van der Waals surface area contributed by atoms with E-state index in [1.165, 1.54) is 11.3 Å². The highest BCUT2D eigenvalue weighted by Crippen LogP contribution is 2.19. The van der Waals surface area contributed by atoms with Crippen molar-refractivity contribution in [3.63, 3.8) is 0 Å². The van der Waals surface area contributed by atoms with Crippen LogP contribution in [-0.2, 0) is 25.9 Å². The Morgan fingerprint density at radius 2 is 2.19 bits per heavy atom. The lowest BCUT2D eigenvalue weighted by Gasteiger charge is -2.30. The molecule has 0 spiro atoms. The Kier molecular flexibility index (Phi) is 5.19. The summed E-state index contributed by atoms with van der Waals surface area (Å²) >= 11 is 0. The number of pyridine rings is 1. The minimum Gasteiger partial charge on any atom is -0.312 e. The Labute approximate surface area is 127 Å². The average molecular weight is 287 g/mol. The molecular weight excluding hydrogens is 262 g/mol. The van der Waals surface area contributed by atoms with Crippen molar-refractivity contribution in [2.75, 3.05) is 13.1 Å². The highest BCUT2D eigenvalue weighted by molar-refractivity contribution is 5.30. The number of hydrogen-bond acceptors (Lipinski definition) is 3. The zero-order valence-corrected chi connectivity index (χ0v) is 13.4. The second-order valence-corrected chi connectivity index (χ2v) is 6.23. The fourth-order valence-corrected chi connectivity index (χ4v) is 2.95. The number of nitriles is 1. The molecule has 21 heavy (non-hydrogen) atoms. The molecule has 4 heteroatoms. The van der Waals surface area contributed by atoms with E-state index in [4.69, 9.17) is 5.26 Å². The van der Waals surface area contributed by atoms with Gasteiger partial charge in [0.2, 0.25) is 0 Å². The lowest BCUT2D eigenvalue weighted by atomic mass is 10.0. The van der Waals surface area contributed by atoms with Crippen molar-refractivity contribution in [2.45, 2.75) is 53.1 Å². The van der Waals surface area contributed by atoms with Crippen LogP contribution >= 0.6 is 0 Å². The normalized spacial score (nSPS) is 15.0. The third-order valence-electron chi connectivity index (χ3n) is 4.27. The van der Waals surface area contributed by atoms with Crippen molar-refractivity contribution < 1.29 is 0 Å². The molecule has 0 aliphatic carbocycles. The summed E-state index contributed by atoms with van der Waals surface area (Å²) in [6, 6.07) is 4.09. The SMILES string of the molecule is CCN1CCc2c(cc(CC#N)c(=O)n2CCC(C)C)C1. The van der Waals surface area contributed by atoms with Crippen LogP contribution in [0.1, 0.15) is 44.0 Å². The molecule has 4 nitrogen and oxygen atoms in total. The smallest absolute Gasteiger partial charge is 0.255 e. The quantitative estimate of drug-likeness (QED) is 0.835. The molecule has 0 fully saturated rings. The van der Waals surface area contributed by atoms with Gasteiger partial charge in [-0.15, -0.1) is 0 Å². The molecule has 0 radical (unpaired) electrons. The third kappa shape index (κ3) is 3.54. The van der Waals surface area contributed by atoms with Crippen molar-refractivity contribution in [3.05, 3.63) is 33.2 Å². The minimum atomic E-state index is 0.0425. The van der Waals surface area contributed by atoms with Crippen LogP contribution < -0.4 is 5.56 Å². The van der Waals surface area contributed by atoms with Crippen LogP contribution in [0.5, 0.6) is 0 Å². The van der Waals surface area contributed by atoms with Crippen LogP contribution in [0, 0.1) is 17.2 Å². The first kappa shape index (κ1) is 15.8. The van der Waals surface area contributed by atoms with Gasteiger partial charge in [0.15, 0.2) is 0 Å². The second kappa shape index (κ2) is 6.91. The van der Waals surface area contributed by atoms with Gasteiger partial charge in [0, 0.05) is 37.3 Å². The molecule has 2 rings (SSSR count). The molecule has 0 N–H and O–H groups in total. The van der Waals surface area contributed by atoms with Crippen molar-refractivity contribution in [3.8, 4) is 6.07 Å². The Hall–Kier alpha value is -1.60. The number of likely N-dealkylation sites (N-methyl/N-ethyl adjacent to an activating group) is 1. The van der Waals surface area contributed by atoms with Crippen LogP contribution in [0.15, 0.2) is 10.9 Å². The maximum atomic E-state index is 12.6. The Morgan fingerprint density at radius 3 is 2.81 bits per heavy atom. The Balaban J connectivity index is 2.43. The molecule has 1 aliphatic rings. The molecule has 0 atom stereocenters. The predicted octanol–water partition coefficient (Wildman–Crippen LogP) is 2.34. The van der Waals surface area contributed by atoms with Crippen LogP contribution in [0.2, 0.25) is 0 Å². The number of nitrogens with zero attached hydrogens (tertiary/aromatic N) is 3.